The van der Waals surface area contributed by atoms with E-state index in [2.05, 4.69) is 0 Å². The fourth-order valence-electron chi connectivity index (χ4n) is 2.56. The predicted octanol–water partition coefficient (Wildman–Crippen LogP) is 3.16. The van der Waals surface area contributed by atoms with Gasteiger partial charge in [0.05, 0.1) is 10.6 Å². The first-order chi connectivity index (χ1) is 10.1. The Hall–Kier alpha value is -1.88. The second-order valence-electron chi connectivity index (χ2n) is 5.14. The van der Waals surface area contributed by atoms with E-state index in [0.29, 0.717) is 31.9 Å². The molecule has 1 aliphatic heterocycles. The van der Waals surface area contributed by atoms with Crippen molar-refractivity contribution in [3.8, 4) is 0 Å². The SMILES string of the molecule is Cc1ccc(C(=O)N2CCN(c3ccccc3F)CC2)s1. The van der Waals surface area contributed by atoms with Gasteiger partial charge in [-0.1, -0.05) is 12.1 Å². The van der Waals surface area contributed by atoms with E-state index in [0.717, 1.165) is 9.75 Å². The third-order valence-electron chi connectivity index (χ3n) is 3.71. The summed E-state index contributed by atoms with van der Waals surface area (Å²) in [5, 5.41) is 0. The van der Waals surface area contributed by atoms with Gasteiger partial charge in [0.25, 0.3) is 5.91 Å². The maximum atomic E-state index is 13.8. The summed E-state index contributed by atoms with van der Waals surface area (Å²) in [6.07, 6.45) is 0. The number of para-hydroxylation sites is 1. The molecular weight excluding hydrogens is 287 g/mol. The van der Waals surface area contributed by atoms with Crippen molar-refractivity contribution in [1.82, 2.24) is 4.90 Å². The van der Waals surface area contributed by atoms with Crippen LogP contribution in [0, 0.1) is 12.7 Å². The van der Waals surface area contributed by atoms with Crippen LogP contribution in [0.25, 0.3) is 0 Å². The maximum absolute atomic E-state index is 13.8. The first-order valence-electron chi connectivity index (χ1n) is 7.00. The molecule has 0 N–H and O–H groups in total. The van der Waals surface area contributed by atoms with Crippen molar-refractivity contribution in [2.75, 3.05) is 31.1 Å². The standard InChI is InChI=1S/C16H17FN2OS/c1-12-6-7-15(21-12)16(20)19-10-8-18(9-11-19)14-5-3-2-4-13(14)17/h2-7H,8-11H2,1H3. The highest BCUT2D eigenvalue weighted by Gasteiger charge is 2.24. The molecule has 1 aliphatic rings. The van der Waals surface area contributed by atoms with Gasteiger partial charge in [0.15, 0.2) is 0 Å². The molecule has 0 radical (unpaired) electrons. The molecular formula is C16H17FN2OS. The van der Waals surface area contributed by atoms with Crippen LogP contribution in [0.15, 0.2) is 36.4 Å². The maximum Gasteiger partial charge on any atom is 0.264 e. The van der Waals surface area contributed by atoms with Gasteiger partial charge in [-0.3, -0.25) is 4.79 Å². The number of amides is 1. The summed E-state index contributed by atoms with van der Waals surface area (Å²) in [7, 11) is 0. The molecule has 2 aromatic rings. The molecule has 21 heavy (non-hydrogen) atoms. The summed E-state index contributed by atoms with van der Waals surface area (Å²) in [4.78, 5) is 18.1. The van der Waals surface area contributed by atoms with Crippen LogP contribution in [-0.2, 0) is 0 Å². The Morgan fingerprint density at radius 1 is 1.10 bits per heavy atom. The molecule has 0 spiro atoms. The second kappa shape index (κ2) is 5.85. The number of benzene rings is 1. The molecule has 3 rings (SSSR count). The lowest BCUT2D eigenvalue weighted by molar-refractivity contribution is 0.0751. The zero-order valence-corrected chi connectivity index (χ0v) is 12.7. The van der Waals surface area contributed by atoms with Gasteiger partial charge in [0.1, 0.15) is 5.82 Å². The molecule has 0 saturated carbocycles. The average molecular weight is 304 g/mol. The van der Waals surface area contributed by atoms with Crippen LogP contribution in [0.2, 0.25) is 0 Å². The van der Waals surface area contributed by atoms with E-state index in [1.54, 1.807) is 12.1 Å². The molecule has 1 aromatic heterocycles. The molecule has 0 atom stereocenters. The van der Waals surface area contributed by atoms with E-state index in [-0.39, 0.29) is 11.7 Å². The number of thiophene rings is 1. The number of aryl methyl sites for hydroxylation is 1. The summed E-state index contributed by atoms with van der Waals surface area (Å²) in [6.45, 7) is 4.58. The van der Waals surface area contributed by atoms with Gasteiger partial charge in [-0.25, -0.2) is 4.39 Å². The normalized spacial score (nSPS) is 15.3. The molecule has 1 aromatic carbocycles. The van der Waals surface area contributed by atoms with Crippen LogP contribution in [-0.4, -0.2) is 37.0 Å². The minimum atomic E-state index is -0.203. The van der Waals surface area contributed by atoms with E-state index >= 15 is 0 Å². The zero-order chi connectivity index (χ0) is 14.8. The summed E-state index contributed by atoms with van der Waals surface area (Å²) < 4.78 is 13.8. The first-order valence-corrected chi connectivity index (χ1v) is 7.82. The van der Waals surface area contributed by atoms with E-state index in [1.165, 1.54) is 17.4 Å². The number of rotatable bonds is 2. The molecule has 5 heteroatoms. The minimum Gasteiger partial charge on any atom is -0.366 e. The summed E-state index contributed by atoms with van der Waals surface area (Å²) in [5.41, 5.74) is 0.622. The number of nitrogens with zero attached hydrogens (tertiary/aromatic N) is 2. The third-order valence-corrected chi connectivity index (χ3v) is 4.70. The fraction of sp³-hybridized carbons (Fsp3) is 0.312. The Balaban J connectivity index is 1.65. The van der Waals surface area contributed by atoms with Crippen LogP contribution in [0.5, 0.6) is 0 Å². The number of piperazine rings is 1. The van der Waals surface area contributed by atoms with Crippen LogP contribution in [0.1, 0.15) is 14.5 Å². The molecule has 1 fully saturated rings. The molecule has 110 valence electrons. The van der Waals surface area contributed by atoms with Crippen LogP contribution in [0.4, 0.5) is 10.1 Å². The summed E-state index contributed by atoms with van der Waals surface area (Å²) in [5.74, 6) is -0.118. The topological polar surface area (TPSA) is 23.6 Å². The van der Waals surface area contributed by atoms with Crippen molar-refractivity contribution >= 4 is 22.9 Å². The van der Waals surface area contributed by atoms with E-state index in [4.69, 9.17) is 0 Å². The Labute approximate surface area is 127 Å². The smallest absolute Gasteiger partial charge is 0.264 e. The number of carbonyl (C=O) groups excluding carboxylic acids is 1. The highest BCUT2D eigenvalue weighted by molar-refractivity contribution is 7.13. The van der Waals surface area contributed by atoms with Gasteiger partial charge in [0, 0.05) is 31.1 Å². The van der Waals surface area contributed by atoms with Crippen LogP contribution < -0.4 is 4.90 Å². The Morgan fingerprint density at radius 2 is 1.81 bits per heavy atom. The lowest BCUT2D eigenvalue weighted by atomic mass is 10.2. The summed E-state index contributed by atoms with van der Waals surface area (Å²) in [6, 6.07) is 10.6. The van der Waals surface area contributed by atoms with Crippen LogP contribution >= 0.6 is 11.3 Å². The number of halogens is 1. The highest BCUT2D eigenvalue weighted by Crippen LogP contribution is 2.22. The van der Waals surface area contributed by atoms with Crippen molar-refractivity contribution in [2.45, 2.75) is 6.92 Å². The number of hydrogen-bond donors (Lipinski definition) is 0. The average Bonchev–Trinajstić information content (AvgIpc) is 2.94. The molecule has 0 bridgehead atoms. The molecule has 2 heterocycles. The third kappa shape index (κ3) is 2.93. The van der Waals surface area contributed by atoms with Crippen molar-refractivity contribution in [2.24, 2.45) is 0 Å². The molecule has 1 saturated heterocycles. The monoisotopic (exact) mass is 304 g/mol. The van der Waals surface area contributed by atoms with E-state index in [1.807, 2.05) is 34.9 Å². The van der Waals surface area contributed by atoms with Crippen molar-refractivity contribution in [1.29, 1.82) is 0 Å². The quantitative estimate of drug-likeness (QED) is 0.851. The largest absolute Gasteiger partial charge is 0.366 e. The molecule has 0 unspecified atom stereocenters. The van der Waals surface area contributed by atoms with Crippen LogP contribution in [0.3, 0.4) is 0 Å². The van der Waals surface area contributed by atoms with E-state index in [9.17, 15) is 9.18 Å². The zero-order valence-electron chi connectivity index (χ0n) is 11.9. The Bertz CT molecular complexity index is 647. The van der Waals surface area contributed by atoms with Crippen molar-refractivity contribution < 1.29 is 9.18 Å². The van der Waals surface area contributed by atoms with Gasteiger partial charge in [-0.05, 0) is 31.2 Å². The van der Waals surface area contributed by atoms with E-state index < -0.39 is 0 Å². The lowest BCUT2D eigenvalue weighted by Gasteiger charge is -2.36. The molecule has 1 amide bonds. The highest BCUT2D eigenvalue weighted by atomic mass is 32.1. The minimum absolute atomic E-state index is 0.0845. The number of hydrogen-bond acceptors (Lipinski definition) is 3. The first kappa shape index (κ1) is 14.1. The van der Waals surface area contributed by atoms with Gasteiger partial charge < -0.3 is 9.80 Å². The number of anilines is 1. The lowest BCUT2D eigenvalue weighted by Crippen LogP contribution is -2.48. The van der Waals surface area contributed by atoms with Gasteiger partial charge in [0.2, 0.25) is 0 Å². The second-order valence-corrected chi connectivity index (χ2v) is 6.43. The summed E-state index contributed by atoms with van der Waals surface area (Å²) >= 11 is 1.52. The Kier molecular flexibility index (Phi) is 3.92. The molecule has 3 nitrogen and oxygen atoms in total. The van der Waals surface area contributed by atoms with Crippen molar-refractivity contribution in [3.63, 3.8) is 0 Å². The fourth-order valence-corrected chi connectivity index (χ4v) is 3.40. The predicted molar refractivity (Wildman–Crippen MR) is 83.6 cm³/mol. The molecule has 0 aliphatic carbocycles. The van der Waals surface area contributed by atoms with Gasteiger partial charge in [-0.15, -0.1) is 11.3 Å². The van der Waals surface area contributed by atoms with Gasteiger partial charge >= 0.3 is 0 Å². The number of carbonyl (C=O) groups is 1. The van der Waals surface area contributed by atoms with Crippen molar-refractivity contribution in [3.05, 3.63) is 52.0 Å². The Morgan fingerprint density at radius 3 is 2.43 bits per heavy atom. The van der Waals surface area contributed by atoms with Gasteiger partial charge in [-0.2, -0.15) is 0 Å².